The Hall–Kier alpha value is -1.48. The van der Waals surface area contributed by atoms with E-state index in [1.54, 1.807) is 12.1 Å². The zero-order valence-corrected chi connectivity index (χ0v) is 10.7. The number of nitrogens with two attached hydrogens (primary N) is 1. The fourth-order valence-electron chi connectivity index (χ4n) is 1.04. The number of hydrogen-bond acceptors (Lipinski definition) is 5. The minimum absolute atomic E-state index is 0.00769. The first-order valence-electron chi connectivity index (χ1n) is 4.79. The zero-order chi connectivity index (χ0) is 14.3. The number of esters is 1. The molecule has 0 radical (unpaired) electrons. The standard InChI is InChI=1S/C10H13NO2.H2O4S/c1-7(11)8-3-5-9(6-4-8)10(12)13-2;1-5(2,3)4/h3-7H,11H2,1-2H3;(H2,1,2,3,4). The highest BCUT2D eigenvalue weighted by Crippen LogP contribution is 2.11. The summed E-state index contributed by atoms with van der Waals surface area (Å²) in [5, 5.41) is 0. The van der Waals surface area contributed by atoms with Gasteiger partial charge in [0.15, 0.2) is 0 Å². The number of hydrogen-bond donors (Lipinski definition) is 3. The van der Waals surface area contributed by atoms with Crippen molar-refractivity contribution in [2.24, 2.45) is 5.73 Å². The van der Waals surface area contributed by atoms with Crippen molar-refractivity contribution in [3.8, 4) is 0 Å². The highest BCUT2D eigenvalue weighted by molar-refractivity contribution is 7.79. The minimum Gasteiger partial charge on any atom is -0.465 e. The first-order chi connectivity index (χ1) is 8.15. The molecule has 0 spiro atoms. The summed E-state index contributed by atoms with van der Waals surface area (Å²) in [6.45, 7) is 1.90. The number of benzene rings is 1. The van der Waals surface area contributed by atoms with E-state index in [2.05, 4.69) is 4.74 Å². The molecule has 0 aromatic heterocycles. The molecule has 0 saturated heterocycles. The molecule has 0 aliphatic carbocycles. The van der Waals surface area contributed by atoms with Gasteiger partial charge in [0.25, 0.3) is 0 Å². The van der Waals surface area contributed by atoms with Crippen LogP contribution in [0.3, 0.4) is 0 Å². The van der Waals surface area contributed by atoms with Crippen LogP contribution in [0, 0.1) is 0 Å². The summed E-state index contributed by atoms with van der Waals surface area (Å²) in [5.41, 5.74) is 7.21. The molecule has 1 aromatic carbocycles. The van der Waals surface area contributed by atoms with E-state index in [0.717, 1.165) is 5.56 Å². The second kappa shape index (κ2) is 7.07. The molecule has 8 heteroatoms. The third-order valence-electron chi connectivity index (χ3n) is 1.86. The molecule has 0 aliphatic heterocycles. The maximum Gasteiger partial charge on any atom is 0.394 e. The Morgan fingerprint density at radius 3 is 1.94 bits per heavy atom. The van der Waals surface area contributed by atoms with Crippen LogP contribution in [0.5, 0.6) is 0 Å². The average molecular weight is 277 g/mol. The maximum atomic E-state index is 11.0. The molecule has 0 amide bonds. The highest BCUT2D eigenvalue weighted by atomic mass is 32.3. The summed E-state index contributed by atoms with van der Waals surface area (Å²) >= 11 is 0. The lowest BCUT2D eigenvalue weighted by Crippen LogP contribution is -2.06. The van der Waals surface area contributed by atoms with Crippen molar-refractivity contribution in [2.75, 3.05) is 7.11 Å². The fraction of sp³-hybridized carbons (Fsp3) is 0.300. The molecule has 0 bridgehead atoms. The number of carbonyl (C=O) groups is 1. The largest absolute Gasteiger partial charge is 0.465 e. The van der Waals surface area contributed by atoms with Crippen LogP contribution in [0.1, 0.15) is 28.9 Å². The maximum absolute atomic E-state index is 11.0. The average Bonchev–Trinajstić information content (AvgIpc) is 2.26. The molecule has 0 saturated carbocycles. The Kier molecular flexibility index (Phi) is 6.48. The van der Waals surface area contributed by atoms with Gasteiger partial charge in [-0.15, -0.1) is 0 Å². The van der Waals surface area contributed by atoms with E-state index in [1.807, 2.05) is 19.1 Å². The smallest absolute Gasteiger partial charge is 0.394 e. The van der Waals surface area contributed by atoms with Crippen LogP contribution in [-0.2, 0) is 15.1 Å². The third-order valence-corrected chi connectivity index (χ3v) is 1.86. The van der Waals surface area contributed by atoms with Crippen LogP contribution in [0.2, 0.25) is 0 Å². The van der Waals surface area contributed by atoms with Gasteiger partial charge in [-0.25, -0.2) is 4.79 Å². The molecule has 0 heterocycles. The van der Waals surface area contributed by atoms with Crippen LogP contribution in [0.4, 0.5) is 0 Å². The van der Waals surface area contributed by atoms with Crippen molar-refractivity contribution in [1.29, 1.82) is 0 Å². The van der Waals surface area contributed by atoms with Crippen LogP contribution < -0.4 is 5.73 Å². The lowest BCUT2D eigenvalue weighted by atomic mass is 10.1. The molecule has 1 aromatic rings. The van der Waals surface area contributed by atoms with E-state index in [4.69, 9.17) is 23.3 Å². The van der Waals surface area contributed by atoms with Crippen LogP contribution in [-0.4, -0.2) is 30.6 Å². The first kappa shape index (κ1) is 16.5. The minimum atomic E-state index is -4.67. The Labute approximate surface area is 105 Å². The van der Waals surface area contributed by atoms with Crippen LogP contribution >= 0.6 is 0 Å². The second-order valence-corrected chi connectivity index (χ2v) is 4.25. The van der Waals surface area contributed by atoms with Gasteiger partial charge in [0, 0.05) is 6.04 Å². The van der Waals surface area contributed by atoms with Gasteiger partial charge in [0.05, 0.1) is 12.7 Å². The summed E-state index contributed by atoms with van der Waals surface area (Å²) in [6, 6.07) is 7.08. The molecule has 7 nitrogen and oxygen atoms in total. The Morgan fingerprint density at radius 2 is 1.67 bits per heavy atom. The summed E-state index contributed by atoms with van der Waals surface area (Å²) in [7, 11) is -3.30. The Bertz CT molecular complexity index is 472. The lowest BCUT2D eigenvalue weighted by molar-refractivity contribution is 0.0600. The number of carbonyl (C=O) groups excluding carboxylic acids is 1. The van der Waals surface area contributed by atoms with Crippen molar-refractivity contribution in [2.45, 2.75) is 13.0 Å². The zero-order valence-electron chi connectivity index (χ0n) is 9.90. The summed E-state index contributed by atoms with van der Waals surface area (Å²) in [6.07, 6.45) is 0. The van der Waals surface area contributed by atoms with Crippen molar-refractivity contribution in [3.63, 3.8) is 0 Å². The predicted molar refractivity (Wildman–Crippen MR) is 64.6 cm³/mol. The lowest BCUT2D eigenvalue weighted by Gasteiger charge is -2.05. The molecule has 1 atom stereocenters. The molecule has 0 aliphatic rings. The molecule has 0 fully saturated rings. The van der Waals surface area contributed by atoms with Gasteiger partial charge in [-0.1, -0.05) is 12.1 Å². The first-order valence-corrected chi connectivity index (χ1v) is 6.18. The van der Waals surface area contributed by atoms with Gasteiger partial charge in [0.2, 0.25) is 0 Å². The van der Waals surface area contributed by atoms with Crippen LogP contribution in [0.25, 0.3) is 0 Å². The van der Waals surface area contributed by atoms with Gasteiger partial charge in [0.1, 0.15) is 0 Å². The number of ether oxygens (including phenoxy) is 1. The van der Waals surface area contributed by atoms with Gasteiger partial charge in [-0.3, -0.25) is 9.11 Å². The van der Waals surface area contributed by atoms with Crippen molar-refractivity contribution in [3.05, 3.63) is 35.4 Å². The Balaban J connectivity index is 0.000000494. The molecule has 1 rings (SSSR count). The normalized spacial score (nSPS) is 12.1. The summed E-state index contributed by atoms with van der Waals surface area (Å²) < 4.78 is 36.1. The SMILES string of the molecule is COC(=O)c1ccc(C(C)N)cc1.O=S(=O)(O)O. The molecular formula is C10H15NO6S. The molecule has 102 valence electrons. The van der Waals surface area contributed by atoms with Gasteiger partial charge >= 0.3 is 16.4 Å². The number of methoxy groups -OCH3 is 1. The van der Waals surface area contributed by atoms with E-state index >= 15 is 0 Å². The topological polar surface area (TPSA) is 127 Å². The van der Waals surface area contributed by atoms with Gasteiger partial charge in [-0.2, -0.15) is 8.42 Å². The highest BCUT2D eigenvalue weighted by Gasteiger charge is 2.05. The van der Waals surface area contributed by atoms with Crippen molar-refractivity contribution in [1.82, 2.24) is 0 Å². The second-order valence-electron chi connectivity index (χ2n) is 3.35. The third kappa shape index (κ3) is 7.74. The molecular weight excluding hydrogens is 262 g/mol. The van der Waals surface area contributed by atoms with E-state index in [1.165, 1.54) is 7.11 Å². The quantitative estimate of drug-likeness (QED) is 0.540. The molecule has 4 N–H and O–H groups in total. The van der Waals surface area contributed by atoms with E-state index in [0.29, 0.717) is 5.56 Å². The Morgan fingerprint density at radius 1 is 1.28 bits per heavy atom. The van der Waals surface area contributed by atoms with Crippen LogP contribution in [0.15, 0.2) is 24.3 Å². The van der Waals surface area contributed by atoms with E-state index in [-0.39, 0.29) is 12.0 Å². The van der Waals surface area contributed by atoms with E-state index in [9.17, 15) is 4.79 Å². The molecule has 18 heavy (non-hydrogen) atoms. The summed E-state index contributed by atoms with van der Waals surface area (Å²) in [5.74, 6) is -0.323. The predicted octanol–water partition coefficient (Wildman–Crippen LogP) is 0.840. The molecule has 1 unspecified atom stereocenters. The van der Waals surface area contributed by atoms with E-state index < -0.39 is 10.4 Å². The number of rotatable bonds is 2. The van der Waals surface area contributed by atoms with Gasteiger partial charge < -0.3 is 10.5 Å². The monoisotopic (exact) mass is 277 g/mol. The summed E-state index contributed by atoms with van der Waals surface area (Å²) in [4.78, 5) is 11.0. The van der Waals surface area contributed by atoms with Crippen molar-refractivity contribution >= 4 is 16.4 Å². The fourth-order valence-corrected chi connectivity index (χ4v) is 1.04. The van der Waals surface area contributed by atoms with Gasteiger partial charge in [-0.05, 0) is 24.6 Å². The van der Waals surface area contributed by atoms with Crippen molar-refractivity contribution < 1.29 is 27.1 Å².